The van der Waals surface area contributed by atoms with E-state index in [2.05, 4.69) is 5.48 Å². The number of hydroxylamine groups is 1. The molecule has 0 atom stereocenters. The van der Waals surface area contributed by atoms with Crippen LogP contribution < -0.4 is 5.48 Å². The number of aromatic carboxylic acids is 1. The zero-order valence-corrected chi connectivity index (χ0v) is 10.5. The second kappa shape index (κ2) is 6.76. The molecule has 1 aromatic rings. The Kier molecular flexibility index (Phi) is 5.32. The van der Waals surface area contributed by atoms with Crippen LogP contribution in [0.4, 0.5) is 0 Å². The van der Waals surface area contributed by atoms with Crippen molar-refractivity contribution in [2.45, 2.75) is 20.3 Å². The maximum Gasteiger partial charge on any atom is 0.335 e. The van der Waals surface area contributed by atoms with Crippen LogP contribution in [-0.4, -0.2) is 23.6 Å². The summed E-state index contributed by atoms with van der Waals surface area (Å²) in [7, 11) is 0. The number of benzene rings is 1. The lowest BCUT2D eigenvalue weighted by Crippen LogP contribution is -2.27. The number of carbonyl (C=O) groups excluding carboxylic acids is 1. The highest BCUT2D eigenvalue weighted by molar-refractivity contribution is 5.91. The summed E-state index contributed by atoms with van der Waals surface area (Å²) in [6.45, 7) is 4.35. The van der Waals surface area contributed by atoms with E-state index in [1.807, 2.05) is 13.8 Å². The number of hydrogen-bond acceptors (Lipinski definition) is 3. The van der Waals surface area contributed by atoms with Crippen molar-refractivity contribution >= 4 is 11.9 Å². The van der Waals surface area contributed by atoms with Gasteiger partial charge in [-0.15, -0.1) is 0 Å². The zero-order chi connectivity index (χ0) is 13.5. The second-order valence-corrected chi connectivity index (χ2v) is 4.37. The van der Waals surface area contributed by atoms with Crippen LogP contribution in [0.25, 0.3) is 0 Å². The normalized spacial score (nSPS) is 10.4. The van der Waals surface area contributed by atoms with Crippen molar-refractivity contribution in [3.8, 4) is 0 Å². The van der Waals surface area contributed by atoms with E-state index in [0.29, 0.717) is 18.1 Å². The van der Waals surface area contributed by atoms with Crippen molar-refractivity contribution in [3.05, 3.63) is 35.4 Å². The average Bonchev–Trinajstić information content (AvgIpc) is 2.28. The molecule has 0 saturated heterocycles. The number of rotatable bonds is 6. The first-order chi connectivity index (χ1) is 8.50. The summed E-state index contributed by atoms with van der Waals surface area (Å²) in [5.74, 6) is -1.08. The van der Waals surface area contributed by atoms with Gasteiger partial charge in [-0.25, -0.2) is 10.3 Å². The molecule has 18 heavy (non-hydrogen) atoms. The fourth-order valence-corrected chi connectivity index (χ4v) is 1.38. The first kappa shape index (κ1) is 14.2. The number of nitrogens with one attached hydrogen (secondary N) is 1. The molecular weight excluding hydrogens is 234 g/mol. The predicted molar refractivity (Wildman–Crippen MR) is 66.0 cm³/mol. The van der Waals surface area contributed by atoms with Gasteiger partial charge in [-0.05, 0) is 17.5 Å². The summed E-state index contributed by atoms with van der Waals surface area (Å²) in [4.78, 5) is 27.5. The van der Waals surface area contributed by atoms with E-state index in [1.54, 1.807) is 18.2 Å². The van der Waals surface area contributed by atoms with Gasteiger partial charge in [-0.1, -0.05) is 32.0 Å². The third-order valence-electron chi connectivity index (χ3n) is 2.20. The smallest absolute Gasteiger partial charge is 0.335 e. The van der Waals surface area contributed by atoms with Gasteiger partial charge in [0.25, 0.3) is 0 Å². The molecule has 5 heteroatoms. The SMILES string of the molecule is CC(C)CONC(=O)Cc1ccccc1C(=O)O. The van der Waals surface area contributed by atoms with Gasteiger partial charge in [0, 0.05) is 0 Å². The lowest BCUT2D eigenvalue weighted by molar-refractivity contribution is -0.133. The van der Waals surface area contributed by atoms with Crippen LogP contribution in [0.1, 0.15) is 29.8 Å². The Morgan fingerprint density at radius 1 is 1.33 bits per heavy atom. The van der Waals surface area contributed by atoms with Crippen molar-refractivity contribution in [1.29, 1.82) is 0 Å². The van der Waals surface area contributed by atoms with Gasteiger partial charge >= 0.3 is 5.97 Å². The zero-order valence-electron chi connectivity index (χ0n) is 10.5. The van der Waals surface area contributed by atoms with Crippen molar-refractivity contribution in [2.75, 3.05) is 6.61 Å². The molecule has 98 valence electrons. The lowest BCUT2D eigenvalue weighted by Gasteiger charge is -2.09. The van der Waals surface area contributed by atoms with E-state index >= 15 is 0 Å². The minimum Gasteiger partial charge on any atom is -0.478 e. The van der Waals surface area contributed by atoms with E-state index in [4.69, 9.17) is 9.94 Å². The van der Waals surface area contributed by atoms with Gasteiger partial charge in [-0.3, -0.25) is 9.63 Å². The molecule has 1 aromatic carbocycles. The summed E-state index contributed by atoms with van der Waals surface area (Å²) < 4.78 is 0. The largest absolute Gasteiger partial charge is 0.478 e. The van der Waals surface area contributed by atoms with E-state index in [9.17, 15) is 9.59 Å². The van der Waals surface area contributed by atoms with Gasteiger partial charge in [0.15, 0.2) is 0 Å². The number of carbonyl (C=O) groups is 2. The number of carboxylic acids is 1. The fourth-order valence-electron chi connectivity index (χ4n) is 1.38. The Labute approximate surface area is 106 Å². The number of amides is 1. The van der Waals surface area contributed by atoms with Crippen LogP contribution in [0, 0.1) is 5.92 Å². The monoisotopic (exact) mass is 251 g/mol. The summed E-state index contributed by atoms with van der Waals surface area (Å²) in [5.41, 5.74) is 2.90. The molecule has 0 spiro atoms. The van der Waals surface area contributed by atoms with Crippen LogP contribution in [0.3, 0.4) is 0 Å². The average molecular weight is 251 g/mol. The molecule has 0 bridgehead atoms. The minimum atomic E-state index is -1.04. The lowest BCUT2D eigenvalue weighted by atomic mass is 10.0. The summed E-state index contributed by atoms with van der Waals surface area (Å²) in [5, 5.41) is 8.96. The van der Waals surface area contributed by atoms with Crippen LogP contribution in [0.2, 0.25) is 0 Å². The molecule has 1 rings (SSSR count). The minimum absolute atomic E-state index is 0.0133. The van der Waals surface area contributed by atoms with Gasteiger partial charge in [0.1, 0.15) is 0 Å². The first-order valence-electron chi connectivity index (χ1n) is 5.72. The van der Waals surface area contributed by atoms with E-state index < -0.39 is 5.97 Å². The Balaban J connectivity index is 2.56. The molecule has 0 fully saturated rings. The topological polar surface area (TPSA) is 75.6 Å². The van der Waals surface area contributed by atoms with Crippen LogP contribution >= 0.6 is 0 Å². The standard InChI is InChI=1S/C13H17NO4/c1-9(2)8-18-14-12(15)7-10-5-3-4-6-11(10)13(16)17/h3-6,9H,7-8H2,1-2H3,(H,14,15)(H,16,17). The van der Waals surface area contributed by atoms with E-state index in [-0.39, 0.29) is 17.9 Å². The van der Waals surface area contributed by atoms with Crippen molar-refractivity contribution in [3.63, 3.8) is 0 Å². The third kappa shape index (κ3) is 4.55. The molecule has 0 radical (unpaired) electrons. The quantitative estimate of drug-likeness (QED) is 0.753. The first-order valence-corrected chi connectivity index (χ1v) is 5.72. The van der Waals surface area contributed by atoms with Crippen molar-refractivity contribution in [2.24, 2.45) is 5.92 Å². The Morgan fingerprint density at radius 3 is 2.61 bits per heavy atom. The van der Waals surface area contributed by atoms with Gasteiger partial charge in [0.2, 0.25) is 5.91 Å². The van der Waals surface area contributed by atoms with Crippen molar-refractivity contribution in [1.82, 2.24) is 5.48 Å². The maximum atomic E-state index is 11.5. The molecular formula is C13H17NO4. The second-order valence-electron chi connectivity index (χ2n) is 4.37. The van der Waals surface area contributed by atoms with Gasteiger partial charge in [-0.2, -0.15) is 0 Å². The maximum absolute atomic E-state index is 11.5. The molecule has 0 heterocycles. The summed E-state index contributed by atoms with van der Waals surface area (Å²) in [6.07, 6.45) is -0.0133. The molecule has 0 saturated carbocycles. The Hall–Kier alpha value is -1.88. The van der Waals surface area contributed by atoms with Crippen LogP contribution in [0.15, 0.2) is 24.3 Å². The Morgan fingerprint density at radius 2 is 2.00 bits per heavy atom. The Bertz CT molecular complexity index is 429. The molecule has 0 aliphatic carbocycles. The molecule has 5 nitrogen and oxygen atoms in total. The fraction of sp³-hybridized carbons (Fsp3) is 0.385. The van der Waals surface area contributed by atoms with Crippen LogP contribution in [-0.2, 0) is 16.1 Å². The third-order valence-corrected chi connectivity index (χ3v) is 2.20. The van der Waals surface area contributed by atoms with Crippen molar-refractivity contribution < 1.29 is 19.5 Å². The van der Waals surface area contributed by atoms with Gasteiger partial charge in [0.05, 0.1) is 18.6 Å². The number of hydrogen-bond donors (Lipinski definition) is 2. The highest BCUT2D eigenvalue weighted by Gasteiger charge is 2.12. The van der Waals surface area contributed by atoms with E-state index in [0.717, 1.165) is 0 Å². The summed E-state index contributed by atoms with van der Waals surface area (Å²) in [6, 6.07) is 6.41. The van der Waals surface area contributed by atoms with E-state index in [1.165, 1.54) is 6.07 Å². The van der Waals surface area contributed by atoms with Crippen LogP contribution in [0.5, 0.6) is 0 Å². The highest BCUT2D eigenvalue weighted by Crippen LogP contribution is 2.09. The summed E-state index contributed by atoms with van der Waals surface area (Å²) >= 11 is 0. The molecule has 0 aliphatic heterocycles. The molecule has 1 amide bonds. The molecule has 0 aromatic heterocycles. The predicted octanol–water partition coefficient (Wildman–Crippen LogP) is 1.63. The highest BCUT2D eigenvalue weighted by atomic mass is 16.6. The number of carboxylic acid groups (broad SMARTS) is 1. The van der Waals surface area contributed by atoms with Gasteiger partial charge < -0.3 is 5.11 Å². The molecule has 2 N–H and O–H groups in total. The molecule has 0 aliphatic rings. The molecule has 0 unspecified atom stereocenters.